The lowest BCUT2D eigenvalue weighted by atomic mass is 10.1. The van der Waals surface area contributed by atoms with E-state index in [1.807, 2.05) is 6.92 Å². The smallest absolute Gasteiger partial charge is 0.0750 e. The van der Waals surface area contributed by atoms with Crippen molar-refractivity contribution in [3.05, 3.63) is 29.8 Å². The standard InChI is InChI=1S/C18H30N2O/c1-4-21-18(2,3)15-19-14-16-8-10-17(11-9-16)20-12-6-5-7-13-20/h8-11,19H,4-7,12-15H2,1-3H3. The van der Waals surface area contributed by atoms with Crippen LogP contribution in [-0.4, -0.2) is 31.8 Å². The first-order chi connectivity index (χ1) is 10.1. The Morgan fingerprint density at radius 3 is 2.38 bits per heavy atom. The molecule has 21 heavy (non-hydrogen) atoms. The lowest BCUT2D eigenvalue weighted by molar-refractivity contribution is -0.00897. The van der Waals surface area contributed by atoms with Gasteiger partial charge in [0.05, 0.1) is 5.60 Å². The highest BCUT2D eigenvalue weighted by Gasteiger charge is 2.16. The number of nitrogens with one attached hydrogen (secondary N) is 1. The van der Waals surface area contributed by atoms with Crippen molar-refractivity contribution in [1.82, 2.24) is 5.32 Å². The van der Waals surface area contributed by atoms with Gasteiger partial charge >= 0.3 is 0 Å². The third kappa shape index (κ3) is 5.33. The maximum Gasteiger partial charge on any atom is 0.0750 e. The number of rotatable bonds is 7. The molecule has 118 valence electrons. The molecule has 0 saturated carbocycles. The van der Waals surface area contributed by atoms with Gasteiger partial charge in [-0.1, -0.05) is 12.1 Å². The predicted octanol–water partition coefficient (Wildman–Crippen LogP) is 3.58. The molecule has 1 saturated heterocycles. The molecule has 2 rings (SSSR count). The Bertz CT molecular complexity index is 408. The van der Waals surface area contributed by atoms with Gasteiger partial charge in [0, 0.05) is 38.5 Å². The van der Waals surface area contributed by atoms with Gasteiger partial charge in [0.2, 0.25) is 0 Å². The summed E-state index contributed by atoms with van der Waals surface area (Å²) in [6.07, 6.45) is 4.04. The van der Waals surface area contributed by atoms with Crippen molar-refractivity contribution in [3.63, 3.8) is 0 Å². The van der Waals surface area contributed by atoms with Crippen LogP contribution in [0.25, 0.3) is 0 Å². The summed E-state index contributed by atoms with van der Waals surface area (Å²) >= 11 is 0. The second kappa shape index (κ2) is 7.81. The van der Waals surface area contributed by atoms with E-state index < -0.39 is 0 Å². The van der Waals surface area contributed by atoms with Crippen LogP contribution in [0.4, 0.5) is 5.69 Å². The van der Waals surface area contributed by atoms with Gasteiger partial charge in [0.1, 0.15) is 0 Å². The summed E-state index contributed by atoms with van der Waals surface area (Å²) in [5.74, 6) is 0. The first-order valence-corrected chi connectivity index (χ1v) is 8.29. The third-order valence-electron chi connectivity index (χ3n) is 4.07. The molecule has 0 spiro atoms. The van der Waals surface area contributed by atoms with Gasteiger partial charge in [-0.25, -0.2) is 0 Å². The zero-order valence-corrected chi connectivity index (χ0v) is 13.8. The molecule has 0 unspecified atom stereocenters. The Kier molecular flexibility index (Phi) is 6.07. The van der Waals surface area contributed by atoms with Crippen molar-refractivity contribution in [2.75, 3.05) is 31.1 Å². The van der Waals surface area contributed by atoms with Crippen molar-refractivity contribution >= 4 is 5.69 Å². The van der Waals surface area contributed by atoms with Crippen LogP contribution in [-0.2, 0) is 11.3 Å². The molecule has 0 aromatic heterocycles. The Labute approximate surface area is 129 Å². The summed E-state index contributed by atoms with van der Waals surface area (Å²) in [6.45, 7) is 11.2. The molecule has 1 aliphatic rings. The fourth-order valence-corrected chi connectivity index (χ4v) is 2.93. The van der Waals surface area contributed by atoms with E-state index in [-0.39, 0.29) is 5.60 Å². The molecule has 1 fully saturated rings. The Hall–Kier alpha value is -1.06. The molecule has 0 atom stereocenters. The van der Waals surface area contributed by atoms with Gasteiger partial charge < -0.3 is 15.0 Å². The van der Waals surface area contributed by atoms with E-state index in [1.165, 1.54) is 43.6 Å². The highest BCUT2D eigenvalue weighted by atomic mass is 16.5. The molecule has 1 aliphatic heterocycles. The van der Waals surface area contributed by atoms with E-state index in [9.17, 15) is 0 Å². The van der Waals surface area contributed by atoms with Crippen LogP contribution in [0.15, 0.2) is 24.3 Å². The highest BCUT2D eigenvalue weighted by molar-refractivity contribution is 5.47. The lowest BCUT2D eigenvalue weighted by Crippen LogP contribution is -2.37. The summed E-state index contributed by atoms with van der Waals surface area (Å²) in [4.78, 5) is 2.50. The van der Waals surface area contributed by atoms with Gasteiger partial charge in [-0.3, -0.25) is 0 Å². The van der Waals surface area contributed by atoms with Crippen molar-refractivity contribution < 1.29 is 4.74 Å². The fourth-order valence-electron chi connectivity index (χ4n) is 2.93. The molecule has 1 aromatic rings. The van der Waals surface area contributed by atoms with Crippen molar-refractivity contribution in [2.24, 2.45) is 0 Å². The van der Waals surface area contributed by atoms with Crippen molar-refractivity contribution in [1.29, 1.82) is 0 Å². The molecule has 0 radical (unpaired) electrons. The zero-order valence-electron chi connectivity index (χ0n) is 13.8. The average Bonchev–Trinajstić information content (AvgIpc) is 2.48. The minimum absolute atomic E-state index is 0.0948. The van der Waals surface area contributed by atoms with Crippen molar-refractivity contribution in [2.45, 2.75) is 52.2 Å². The first kappa shape index (κ1) is 16.3. The predicted molar refractivity (Wildman–Crippen MR) is 89.9 cm³/mol. The SMILES string of the molecule is CCOC(C)(C)CNCc1ccc(N2CCCCC2)cc1. The Morgan fingerprint density at radius 2 is 1.76 bits per heavy atom. The summed E-state index contributed by atoms with van der Waals surface area (Å²) in [5, 5.41) is 3.49. The molecule has 3 nitrogen and oxygen atoms in total. The number of anilines is 1. The topological polar surface area (TPSA) is 24.5 Å². The molecule has 1 aromatic carbocycles. The second-order valence-corrected chi connectivity index (χ2v) is 6.51. The maximum absolute atomic E-state index is 5.70. The third-order valence-corrected chi connectivity index (χ3v) is 4.07. The Balaban J connectivity index is 1.79. The maximum atomic E-state index is 5.70. The van der Waals surface area contributed by atoms with Crippen LogP contribution in [0.5, 0.6) is 0 Å². The number of hydrogen-bond acceptors (Lipinski definition) is 3. The molecule has 0 bridgehead atoms. The number of ether oxygens (including phenoxy) is 1. The lowest BCUT2D eigenvalue weighted by Gasteiger charge is -2.29. The first-order valence-electron chi connectivity index (χ1n) is 8.29. The number of nitrogens with zero attached hydrogens (tertiary/aromatic N) is 1. The second-order valence-electron chi connectivity index (χ2n) is 6.51. The van der Waals surface area contributed by atoms with Crippen LogP contribution in [0, 0.1) is 0 Å². The van der Waals surface area contributed by atoms with E-state index in [1.54, 1.807) is 0 Å². The average molecular weight is 290 g/mol. The largest absolute Gasteiger partial charge is 0.375 e. The van der Waals surface area contributed by atoms with E-state index in [0.717, 1.165) is 19.7 Å². The van der Waals surface area contributed by atoms with E-state index in [2.05, 4.69) is 48.3 Å². The van der Waals surface area contributed by atoms with E-state index in [0.29, 0.717) is 0 Å². The summed E-state index contributed by atoms with van der Waals surface area (Å²) in [7, 11) is 0. The van der Waals surface area contributed by atoms with Gasteiger partial charge in [0.15, 0.2) is 0 Å². The molecule has 0 aliphatic carbocycles. The van der Waals surface area contributed by atoms with Gasteiger partial charge in [-0.15, -0.1) is 0 Å². The zero-order chi connectivity index (χ0) is 15.1. The minimum Gasteiger partial charge on any atom is -0.375 e. The number of piperidine rings is 1. The molecule has 0 amide bonds. The van der Waals surface area contributed by atoms with Crippen LogP contribution < -0.4 is 10.2 Å². The molecule has 1 N–H and O–H groups in total. The normalized spacial score (nSPS) is 16.2. The monoisotopic (exact) mass is 290 g/mol. The van der Waals surface area contributed by atoms with Crippen LogP contribution in [0.3, 0.4) is 0 Å². The quantitative estimate of drug-likeness (QED) is 0.830. The van der Waals surface area contributed by atoms with Gasteiger partial charge in [-0.2, -0.15) is 0 Å². The molecule has 1 heterocycles. The summed E-state index contributed by atoms with van der Waals surface area (Å²) < 4.78 is 5.70. The van der Waals surface area contributed by atoms with Crippen molar-refractivity contribution in [3.8, 4) is 0 Å². The van der Waals surface area contributed by atoms with Crippen LogP contribution >= 0.6 is 0 Å². The molecule has 3 heteroatoms. The number of benzene rings is 1. The number of hydrogen-bond donors (Lipinski definition) is 1. The molecular weight excluding hydrogens is 260 g/mol. The van der Waals surface area contributed by atoms with Crippen LogP contribution in [0.2, 0.25) is 0 Å². The van der Waals surface area contributed by atoms with E-state index >= 15 is 0 Å². The minimum atomic E-state index is -0.0948. The Morgan fingerprint density at radius 1 is 1.10 bits per heavy atom. The van der Waals surface area contributed by atoms with Crippen LogP contribution in [0.1, 0.15) is 45.6 Å². The summed E-state index contributed by atoms with van der Waals surface area (Å²) in [5.41, 5.74) is 2.61. The summed E-state index contributed by atoms with van der Waals surface area (Å²) in [6, 6.07) is 9.00. The molecular formula is C18H30N2O. The fraction of sp³-hybridized carbons (Fsp3) is 0.667. The highest BCUT2D eigenvalue weighted by Crippen LogP contribution is 2.20. The van der Waals surface area contributed by atoms with E-state index in [4.69, 9.17) is 4.74 Å². The van der Waals surface area contributed by atoms with Gasteiger partial charge in [0.25, 0.3) is 0 Å². The van der Waals surface area contributed by atoms with Gasteiger partial charge in [-0.05, 0) is 57.7 Å².